The van der Waals surface area contributed by atoms with Crippen LogP contribution in [0.4, 0.5) is 8.78 Å². The van der Waals surface area contributed by atoms with Crippen LogP contribution in [-0.4, -0.2) is 13.0 Å². The molecule has 0 saturated carbocycles. The Morgan fingerprint density at radius 1 is 1.36 bits per heavy atom. The number of hydrogen-bond donors (Lipinski definition) is 1. The van der Waals surface area contributed by atoms with E-state index in [1.807, 2.05) is 13.8 Å². The molecule has 0 rings (SSSR count). The number of hydrogen-bond acceptors (Lipinski definition) is 1. The second kappa shape index (κ2) is 4.00. The van der Waals surface area contributed by atoms with Crippen molar-refractivity contribution < 1.29 is 8.78 Å². The highest BCUT2D eigenvalue weighted by Gasteiger charge is 2.33. The molecule has 0 spiro atoms. The first-order chi connectivity index (χ1) is 4.92. The van der Waals surface area contributed by atoms with Gasteiger partial charge >= 0.3 is 0 Å². The van der Waals surface area contributed by atoms with Crippen LogP contribution in [0.2, 0.25) is 0 Å². The molecule has 0 amide bonds. The van der Waals surface area contributed by atoms with Crippen LogP contribution in [0.25, 0.3) is 0 Å². The third kappa shape index (κ3) is 3.14. The van der Waals surface area contributed by atoms with Crippen molar-refractivity contribution in [2.24, 2.45) is 17.1 Å². The summed E-state index contributed by atoms with van der Waals surface area (Å²) < 4.78 is 24.7. The third-order valence-corrected chi connectivity index (χ3v) is 1.87. The maximum Gasteiger partial charge on any atom is 0.245 e. The van der Waals surface area contributed by atoms with Gasteiger partial charge in [-0.15, -0.1) is 0 Å². The van der Waals surface area contributed by atoms with Gasteiger partial charge < -0.3 is 5.73 Å². The van der Waals surface area contributed by atoms with Crippen LogP contribution in [0.5, 0.6) is 0 Å². The molecule has 0 aromatic heterocycles. The van der Waals surface area contributed by atoms with Crippen molar-refractivity contribution in [2.75, 3.05) is 6.54 Å². The maximum atomic E-state index is 12.4. The molecule has 0 fully saturated rings. The zero-order valence-corrected chi connectivity index (χ0v) is 7.40. The quantitative estimate of drug-likeness (QED) is 0.679. The highest BCUT2D eigenvalue weighted by atomic mass is 19.3. The van der Waals surface area contributed by atoms with Crippen LogP contribution >= 0.6 is 0 Å². The Labute approximate surface area is 67.0 Å². The van der Waals surface area contributed by atoms with Gasteiger partial charge in [-0.25, -0.2) is 8.78 Å². The van der Waals surface area contributed by atoms with Crippen LogP contribution < -0.4 is 5.73 Å². The molecule has 0 radical (unpaired) electrons. The molecule has 11 heavy (non-hydrogen) atoms. The van der Waals surface area contributed by atoms with E-state index < -0.39 is 11.8 Å². The summed E-state index contributed by atoms with van der Waals surface area (Å²) in [5.74, 6) is 0.276. The van der Waals surface area contributed by atoms with Crippen LogP contribution in [0.3, 0.4) is 0 Å². The maximum absolute atomic E-state index is 12.4. The van der Waals surface area contributed by atoms with E-state index in [2.05, 4.69) is 0 Å². The lowest BCUT2D eigenvalue weighted by Gasteiger charge is -2.28. The average molecular weight is 165 g/mol. The highest BCUT2D eigenvalue weighted by Crippen LogP contribution is 2.31. The second-order valence-electron chi connectivity index (χ2n) is 3.76. The predicted molar refractivity (Wildman–Crippen MR) is 42.6 cm³/mol. The van der Waals surface area contributed by atoms with Crippen LogP contribution in [0.1, 0.15) is 27.2 Å². The molecule has 2 N–H and O–H groups in total. The minimum Gasteiger partial charge on any atom is -0.330 e. The first-order valence-electron chi connectivity index (χ1n) is 3.90. The summed E-state index contributed by atoms with van der Waals surface area (Å²) in [4.78, 5) is 0. The summed E-state index contributed by atoms with van der Waals surface area (Å²) in [6, 6.07) is 0. The van der Waals surface area contributed by atoms with E-state index in [9.17, 15) is 8.78 Å². The van der Waals surface area contributed by atoms with Crippen molar-refractivity contribution in [3.05, 3.63) is 0 Å². The molecule has 0 aliphatic carbocycles. The van der Waals surface area contributed by atoms with E-state index in [-0.39, 0.29) is 12.5 Å². The van der Waals surface area contributed by atoms with Crippen molar-refractivity contribution in [3.8, 4) is 0 Å². The molecule has 0 aliphatic heterocycles. The van der Waals surface area contributed by atoms with E-state index in [0.29, 0.717) is 6.42 Å². The number of alkyl halides is 2. The summed E-state index contributed by atoms with van der Waals surface area (Å²) in [5.41, 5.74) is 4.28. The number of rotatable bonds is 4. The zero-order chi connectivity index (χ0) is 9.07. The lowest BCUT2D eigenvalue weighted by atomic mass is 9.82. The van der Waals surface area contributed by atoms with Gasteiger partial charge in [-0.05, 0) is 12.3 Å². The smallest absolute Gasteiger partial charge is 0.245 e. The Hall–Kier alpha value is -0.180. The van der Waals surface area contributed by atoms with Gasteiger partial charge in [0.25, 0.3) is 0 Å². The molecule has 0 aromatic rings. The molecule has 0 saturated heterocycles. The molecule has 1 atom stereocenters. The monoisotopic (exact) mass is 165 g/mol. The van der Waals surface area contributed by atoms with E-state index in [1.54, 1.807) is 0 Å². The summed E-state index contributed by atoms with van der Waals surface area (Å²) in [6.07, 6.45) is -1.82. The van der Waals surface area contributed by atoms with E-state index in [4.69, 9.17) is 5.73 Å². The van der Waals surface area contributed by atoms with E-state index in [1.165, 1.54) is 6.92 Å². The standard InChI is InChI=1S/C8H17F2N/c1-6(2)4-8(3,5-11)7(9)10/h6-7H,4-5,11H2,1-3H3. The van der Waals surface area contributed by atoms with Gasteiger partial charge in [-0.1, -0.05) is 20.8 Å². The SMILES string of the molecule is CC(C)CC(C)(CN)C(F)F. The zero-order valence-electron chi connectivity index (χ0n) is 7.40. The first kappa shape index (κ1) is 10.8. The van der Waals surface area contributed by atoms with Crippen molar-refractivity contribution in [3.63, 3.8) is 0 Å². The molecule has 0 bridgehead atoms. The molecule has 1 nitrogen and oxygen atoms in total. The Balaban J connectivity index is 4.10. The topological polar surface area (TPSA) is 26.0 Å². The minimum absolute atomic E-state index is 0.0584. The summed E-state index contributed by atoms with van der Waals surface area (Å²) >= 11 is 0. The lowest BCUT2D eigenvalue weighted by molar-refractivity contribution is -0.000532. The molecule has 0 aromatic carbocycles. The summed E-state index contributed by atoms with van der Waals surface area (Å²) in [6.45, 7) is 5.45. The van der Waals surface area contributed by atoms with Gasteiger partial charge in [0.2, 0.25) is 6.43 Å². The Bertz CT molecular complexity index is 115. The molecule has 1 unspecified atom stereocenters. The van der Waals surface area contributed by atoms with Gasteiger partial charge in [0, 0.05) is 12.0 Å². The normalized spacial score (nSPS) is 17.5. The number of nitrogens with two attached hydrogens (primary N) is 1. The summed E-state index contributed by atoms with van der Waals surface area (Å²) in [5, 5.41) is 0. The van der Waals surface area contributed by atoms with Crippen molar-refractivity contribution in [2.45, 2.75) is 33.6 Å². The van der Waals surface area contributed by atoms with Crippen molar-refractivity contribution in [1.29, 1.82) is 0 Å². The van der Waals surface area contributed by atoms with Crippen molar-refractivity contribution >= 4 is 0 Å². The molecule has 0 heterocycles. The second-order valence-corrected chi connectivity index (χ2v) is 3.76. The first-order valence-corrected chi connectivity index (χ1v) is 3.90. The van der Waals surface area contributed by atoms with Gasteiger partial charge in [0.15, 0.2) is 0 Å². The number of halogens is 2. The largest absolute Gasteiger partial charge is 0.330 e. The average Bonchev–Trinajstić information content (AvgIpc) is 1.86. The molecule has 0 aliphatic rings. The van der Waals surface area contributed by atoms with Gasteiger partial charge in [-0.2, -0.15) is 0 Å². The lowest BCUT2D eigenvalue weighted by Crippen LogP contribution is -2.35. The fraction of sp³-hybridized carbons (Fsp3) is 1.00. The van der Waals surface area contributed by atoms with Crippen LogP contribution in [0.15, 0.2) is 0 Å². The highest BCUT2D eigenvalue weighted by molar-refractivity contribution is 4.78. The van der Waals surface area contributed by atoms with Crippen LogP contribution in [0, 0.1) is 11.3 Å². The van der Waals surface area contributed by atoms with Gasteiger partial charge in [0.1, 0.15) is 0 Å². The Kier molecular flexibility index (Phi) is 3.93. The Morgan fingerprint density at radius 2 is 1.82 bits per heavy atom. The summed E-state index contributed by atoms with van der Waals surface area (Å²) in [7, 11) is 0. The van der Waals surface area contributed by atoms with E-state index >= 15 is 0 Å². The van der Waals surface area contributed by atoms with Crippen molar-refractivity contribution in [1.82, 2.24) is 0 Å². The molecular formula is C8H17F2N. The van der Waals surface area contributed by atoms with Gasteiger partial charge in [0.05, 0.1) is 0 Å². The minimum atomic E-state index is -2.31. The van der Waals surface area contributed by atoms with Gasteiger partial charge in [-0.3, -0.25) is 0 Å². The fourth-order valence-corrected chi connectivity index (χ4v) is 1.19. The van der Waals surface area contributed by atoms with Crippen LogP contribution in [-0.2, 0) is 0 Å². The molecule has 3 heteroatoms. The fourth-order valence-electron chi connectivity index (χ4n) is 1.19. The predicted octanol–water partition coefficient (Wildman–Crippen LogP) is 2.26. The molecular weight excluding hydrogens is 148 g/mol. The van der Waals surface area contributed by atoms with E-state index in [0.717, 1.165) is 0 Å². The molecule has 68 valence electrons. The third-order valence-electron chi connectivity index (χ3n) is 1.87. The Morgan fingerprint density at radius 3 is 1.91 bits per heavy atom.